The molecule has 0 bridgehead atoms. The topological polar surface area (TPSA) is 82.8 Å². The molecule has 7 nitrogen and oxygen atoms in total. The highest BCUT2D eigenvalue weighted by Crippen LogP contribution is 2.32. The van der Waals surface area contributed by atoms with E-state index in [0.717, 1.165) is 11.3 Å². The van der Waals surface area contributed by atoms with Gasteiger partial charge in [-0.25, -0.2) is 4.98 Å². The standard InChI is InChI=1S/C17H16N2O5S/c20-12(6-19-9-18-16-13(17(19)21)3-4-25-16)8-22-7-11-1-2-14-15(5-11)24-10-23-14/h1-5,9,12,20H,6-8,10H2/t12-/m1/s1. The molecule has 0 saturated heterocycles. The van der Waals surface area contributed by atoms with Crippen LogP contribution in [0.4, 0.5) is 0 Å². The highest BCUT2D eigenvalue weighted by Gasteiger charge is 2.14. The van der Waals surface area contributed by atoms with Gasteiger partial charge in [-0.2, -0.15) is 0 Å². The molecule has 0 spiro atoms. The van der Waals surface area contributed by atoms with E-state index in [-0.39, 0.29) is 25.5 Å². The molecule has 3 heterocycles. The zero-order valence-corrected chi connectivity index (χ0v) is 14.1. The van der Waals surface area contributed by atoms with Crippen LogP contribution in [0.3, 0.4) is 0 Å². The first-order valence-corrected chi connectivity index (χ1v) is 8.65. The number of hydrogen-bond donors (Lipinski definition) is 1. The zero-order chi connectivity index (χ0) is 17.2. The van der Waals surface area contributed by atoms with Gasteiger partial charge in [-0.15, -0.1) is 11.3 Å². The van der Waals surface area contributed by atoms with Crippen LogP contribution in [-0.2, 0) is 17.9 Å². The molecular weight excluding hydrogens is 344 g/mol. The van der Waals surface area contributed by atoms with Crippen molar-refractivity contribution in [3.63, 3.8) is 0 Å². The lowest BCUT2D eigenvalue weighted by molar-refractivity contribution is 0.0198. The molecular formula is C17H16N2O5S. The molecule has 8 heteroatoms. The first-order valence-electron chi connectivity index (χ1n) is 7.78. The summed E-state index contributed by atoms with van der Waals surface area (Å²) in [6, 6.07) is 7.32. The molecule has 1 atom stereocenters. The van der Waals surface area contributed by atoms with Crippen LogP contribution in [0, 0.1) is 0 Å². The summed E-state index contributed by atoms with van der Waals surface area (Å²) in [5.41, 5.74) is 0.774. The molecule has 1 aromatic carbocycles. The number of thiophene rings is 1. The Morgan fingerprint density at radius 1 is 1.32 bits per heavy atom. The van der Waals surface area contributed by atoms with Gasteiger partial charge < -0.3 is 19.3 Å². The average Bonchev–Trinajstić information content (AvgIpc) is 3.26. The van der Waals surface area contributed by atoms with Crippen LogP contribution in [0.2, 0.25) is 0 Å². The lowest BCUT2D eigenvalue weighted by atomic mass is 10.2. The Morgan fingerprint density at radius 2 is 2.20 bits per heavy atom. The molecule has 0 fully saturated rings. The molecule has 130 valence electrons. The SMILES string of the molecule is O=c1c2ccsc2ncn1C[C@@H](O)COCc1ccc2c(c1)OCO2. The van der Waals surface area contributed by atoms with E-state index >= 15 is 0 Å². The third-order valence-corrected chi connectivity index (χ3v) is 4.69. The maximum absolute atomic E-state index is 12.3. The Kier molecular flexibility index (Phi) is 4.39. The maximum Gasteiger partial charge on any atom is 0.262 e. The first kappa shape index (κ1) is 16.1. The number of fused-ring (bicyclic) bond motifs is 2. The molecule has 0 amide bonds. The van der Waals surface area contributed by atoms with Crippen molar-refractivity contribution in [3.8, 4) is 11.5 Å². The zero-order valence-electron chi connectivity index (χ0n) is 13.3. The predicted molar refractivity (Wildman–Crippen MR) is 92.1 cm³/mol. The highest BCUT2D eigenvalue weighted by molar-refractivity contribution is 7.16. The molecule has 0 unspecified atom stereocenters. The number of rotatable bonds is 6. The number of hydrogen-bond acceptors (Lipinski definition) is 7. The first-order chi connectivity index (χ1) is 12.2. The van der Waals surface area contributed by atoms with Crippen molar-refractivity contribution in [2.24, 2.45) is 0 Å². The second-order valence-electron chi connectivity index (χ2n) is 5.70. The van der Waals surface area contributed by atoms with Crippen molar-refractivity contribution in [2.75, 3.05) is 13.4 Å². The van der Waals surface area contributed by atoms with Crippen molar-refractivity contribution >= 4 is 21.6 Å². The number of aromatic nitrogens is 2. The fourth-order valence-corrected chi connectivity index (χ4v) is 3.37. The quantitative estimate of drug-likeness (QED) is 0.721. The molecule has 1 N–H and O–H groups in total. The molecule has 4 rings (SSSR count). The van der Waals surface area contributed by atoms with Crippen LogP contribution < -0.4 is 15.0 Å². The normalized spacial score (nSPS) is 14.1. The summed E-state index contributed by atoms with van der Waals surface area (Å²) >= 11 is 1.42. The lowest BCUT2D eigenvalue weighted by Crippen LogP contribution is -2.29. The van der Waals surface area contributed by atoms with Gasteiger partial charge in [0.05, 0.1) is 37.6 Å². The second-order valence-corrected chi connectivity index (χ2v) is 6.59. The van der Waals surface area contributed by atoms with Gasteiger partial charge in [0.25, 0.3) is 5.56 Å². The molecule has 2 aromatic heterocycles. The van der Waals surface area contributed by atoms with Crippen molar-refractivity contribution < 1.29 is 19.3 Å². The monoisotopic (exact) mass is 360 g/mol. The Bertz CT molecular complexity index is 952. The lowest BCUT2D eigenvalue weighted by Gasteiger charge is -2.13. The molecule has 1 aliphatic rings. The minimum Gasteiger partial charge on any atom is -0.454 e. The third-order valence-electron chi connectivity index (χ3n) is 3.87. The fourth-order valence-electron chi connectivity index (χ4n) is 2.65. The summed E-state index contributed by atoms with van der Waals surface area (Å²) in [5, 5.41) is 12.5. The van der Waals surface area contributed by atoms with Gasteiger partial charge in [0.15, 0.2) is 11.5 Å². The van der Waals surface area contributed by atoms with E-state index in [0.29, 0.717) is 22.6 Å². The molecule has 3 aromatic rings. The Hall–Kier alpha value is -2.42. The van der Waals surface area contributed by atoms with Gasteiger partial charge in [-0.05, 0) is 29.1 Å². The van der Waals surface area contributed by atoms with Crippen molar-refractivity contribution in [1.82, 2.24) is 9.55 Å². The van der Waals surface area contributed by atoms with Crippen LogP contribution in [0.25, 0.3) is 10.2 Å². The van der Waals surface area contributed by atoms with Gasteiger partial charge >= 0.3 is 0 Å². The summed E-state index contributed by atoms with van der Waals surface area (Å²) in [4.78, 5) is 17.2. The number of aliphatic hydroxyl groups excluding tert-OH is 1. The van der Waals surface area contributed by atoms with Crippen LogP contribution in [-0.4, -0.2) is 34.2 Å². The summed E-state index contributed by atoms with van der Waals surface area (Å²) in [7, 11) is 0. The number of nitrogens with zero attached hydrogens (tertiary/aromatic N) is 2. The maximum atomic E-state index is 12.3. The van der Waals surface area contributed by atoms with E-state index in [2.05, 4.69) is 4.98 Å². The van der Waals surface area contributed by atoms with Crippen molar-refractivity contribution in [3.05, 3.63) is 51.9 Å². The van der Waals surface area contributed by atoms with Gasteiger partial charge in [0, 0.05) is 0 Å². The largest absolute Gasteiger partial charge is 0.454 e. The Labute approximate surface area is 147 Å². The summed E-state index contributed by atoms with van der Waals surface area (Å²) in [6.07, 6.45) is 0.659. The number of ether oxygens (including phenoxy) is 3. The van der Waals surface area contributed by atoms with E-state index in [1.165, 1.54) is 22.2 Å². The minimum atomic E-state index is -0.801. The fraction of sp³-hybridized carbons (Fsp3) is 0.294. The highest BCUT2D eigenvalue weighted by atomic mass is 32.1. The smallest absolute Gasteiger partial charge is 0.262 e. The summed E-state index contributed by atoms with van der Waals surface area (Å²) in [6.45, 7) is 0.821. The van der Waals surface area contributed by atoms with E-state index < -0.39 is 6.10 Å². The predicted octanol–water partition coefficient (Wildman–Crippen LogP) is 1.76. The number of benzene rings is 1. The van der Waals surface area contributed by atoms with Crippen LogP contribution in [0.15, 0.2) is 40.8 Å². The molecule has 0 saturated carbocycles. The van der Waals surface area contributed by atoms with Crippen LogP contribution in [0.5, 0.6) is 11.5 Å². The van der Waals surface area contributed by atoms with Crippen LogP contribution >= 0.6 is 11.3 Å². The van der Waals surface area contributed by atoms with Crippen molar-refractivity contribution in [1.29, 1.82) is 0 Å². The second kappa shape index (κ2) is 6.83. The van der Waals surface area contributed by atoms with E-state index in [4.69, 9.17) is 14.2 Å². The van der Waals surface area contributed by atoms with Crippen LogP contribution in [0.1, 0.15) is 5.56 Å². The van der Waals surface area contributed by atoms with E-state index in [1.54, 1.807) is 6.07 Å². The molecule has 25 heavy (non-hydrogen) atoms. The molecule has 0 aliphatic carbocycles. The van der Waals surface area contributed by atoms with Gasteiger partial charge in [-0.3, -0.25) is 9.36 Å². The summed E-state index contributed by atoms with van der Waals surface area (Å²) in [5.74, 6) is 1.42. The van der Waals surface area contributed by atoms with Gasteiger partial charge in [0.1, 0.15) is 4.83 Å². The van der Waals surface area contributed by atoms with Gasteiger partial charge in [0.2, 0.25) is 6.79 Å². The van der Waals surface area contributed by atoms with Crippen molar-refractivity contribution in [2.45, 2.75) is 19.3 Å². The summed E-state index contributed by atoms with van der Waals surface area (Å²) < 4.78 is 17.5. The van der Waals surface area contributed by atoms with E-state index in [1.807, 2.05) is 23.6 Å². The van der Waals surface area contributed by atoms with Gasteiger partial charge in [-0.1, -0.05) is 6.07 Å². The minimum absolute atomic E-state index is 0.114. The average molecular weight is 360 g/mol. The number of aliphatic hydroxyl groups is 1. The van der Waals surface area contributed by atoms with E-state index in [9.17, 15) is 9.90 Å². The molecule has 0 radical (unpaired) electrons. The third kappa shape index (κ3) is 3.37. The molecule has 1 aliphatic heterocycles. The Morgan fingerprint density at radius 3 is 3.12 bits per heavy atom. The Balaban J connectivity index is 1.33.